The smallest absolute Gasteiger partial charge is 0.174 e. The lowest BCUT2D eigenvalue weighted by Gasteiger charge is -2.06. The van der Waals surface area contributed by atoms with E-state index in [2.05, 4.69) is 26.0 Å². The number of thioether (sulfide) groups is 1. The Kier molecular flexibility index (Phi) is 2.16. The molecule has 0 atom stereocenters. The number of carbonyl (C=O) groups excluding carboxylic acids is 1. The lowest BCUT2D eigenvalue weighted by Crippen LogP contribution is -1.97. The fourth-order valence-corrected chi connectivity index (χ4v) is 2.41. The van der Waals surface area contributed by atoms with Gasteiger partial charge in [0.1, 0.15) is 0 Å². The van der Waals surface area contributed by atoms with Gasteiger partial charge in [0, 0.05) is 10.5 Å². The van der Waals surface area contributed by atoms with Crippen LogP contribution in [0.5, 0.6) is 0 Å². The number of fused-ring (bicyclic) bond motifs is 1. The van der Waals surface area contributed by atoms with Crippen LogP contribution in [0.2, 0.25) is 0 Å². The zero-order chi connectivity index (χ0) is 9.42. The fraction of sp³-hybridized carbons (Fsp3) is 0.364. The number of carbonyl (C=O) groups is 1. The van der Waals surface area contributed by atoms with Crippen LogP contribution in [0.3, 0.4) is 0 Å². The molecule has 0 spiro atoms. The molecule has 1 aromatic rings. The Morgan fingerprint density at radius 1 is 1.38 bits per heavy atom. The molecule has 0 saturated heterocycles. The van der Waals surface area contributed by atoms with Gasteiger partial charge in [-0.25, -0.2) is 0 Å². The molecule has 68 valence electrons. The van der Waals surface area contributed by atoms with Crippen molar-refractivity contribution in [3.05, 3.63) is 29.3 Å². The largest absolute Gasteiger partial charge is 0.293 e. The van der Waals surface area contributed by atoms with Gasteiger partial charge in [0.15, 0.2) is 5.78 Å². The number of rotatable bonds is 1. The molecule has 1 aliphatic heterocycles. The fourth-order valence-electron chi connectivity index (χ4n) is 1.47. The summed E-state index contributed by atoms with van der Waals surface area (Å²) in [7, 11) is 0. The molecule has 1 nitrogen and oxygen atoms in total. The van der Waals surface area contributed by atoms with Crippen LogP contribution >= 0.6 is 11.8 Å². The normalized spacial score (nSPS) is 15.2. The number of hydrogen-bond acceptors (Lipinski definition) is 2. The van der Waals surface area contributed by atoms with Crippen LogP contribution in [-0.2, 0) is 0 Å². The van der Waals surface area contributed by atoms with E-state index in [1.807, 2.05) is 6.07 Å². The van der Waals surface area contributed by atoms with Crippen LogP contribution < -0.4 is 0 Å². The molecule has 0 unspecified atom stereocenters. The Morgan fingerprint density at radius 2 is 2.15 bits per heavy atom. The maximum atomic E-state index is 11.4. The lowest BCUT2D eigenvalue weighted by atomic mass is 10.00. The molecule has 0 fully saturated rings. The Morgan fingerprint density at radius 3 is 2.85 bits per heavy atom. The quantitative estimate of drug-likeness (QED) is 0.680. The van der Waals surface area contributed by atoms with Gasteiger partial charge in [0.2, 0.25) is 0 Å². The SMILES string of the molecule is CC(C)c1ccc2c(c1)C(=O)CS2. The molecule has 0 bridgehead atoms. The highest BCUT2D eigenvalue weighted by Gasteiger charge is 2.20. The van der Waals surface area contributed by atoms with E-state index in [0.29, 0.717) is 11.7 Å². The second-order valence-electron chi connectivity index (χ2n) is 3.62. The first kappa shape index (κ1) is 8.82. The van der Waals surface area contributed by atoms with E-state index >= 15 is 0 Å². The van der Waals surface area contributed by atoms with Gasteiger partial charge in [-0.3, -0.25) is 4.79 Å². The maximum Gasteiger partial charge on any atom is 0.174 e. The third kappa shape index (κ3) is 1.51. The summed E-state index contributed by atoms with van der Waals surface area (Å²) < 4.78 is 0. The van der Waals surface area contributed by atoms with Gasteiger partial charge in [-0.1, -0.05) is 19.9 Å². The van der Waals surface area contributed by atoms with Crippen molar-refractivity contribution in [2.75, 3.05) is 5.75 Å². The third-order valence-electron chi connectivity index (χ3n) is 2.33. The second kappa shape index (κ2) is 3.18. The van der Waals surface area contributed by atoms with Crippen molar-refractivity contribution >= 4 is 17.5 Å². The molecule has 0 saturated carbocycles. The van der Waals surface area contributed by atoms with Crippen molar-refractivity contribution in [3.63, 3.8) is 0 Å². The first-order valence-electron chi connectivity index (χ1n) is 4.48. The van der Waals surface area contributed by atoms with Crippen LogP contribution in [0.25, 0.3) is 0 Å². The van der Waals surface area contributed by atoms with Gasteiger partial charge in [0.25, 0.3) is 0 Å². The molecule has 2 rings (SSSR count). The first-order chi connectivity index (χ1) is 6.18. The van der Waals surface area contributed by atoms with Crippen LogP contribution in [-0.4, -0.2) is 11.5 Å². The average molecular weight is 192 g/mol. The Bertz CT molecular complexity index is 355. The molecule has 0 radical (unpaired) electrons. The molecule has 1 aliphatic rings. The molecular weight excluding hydrogens is 180 g/mol. The molecule has 0 amide bonds. The molecule has 1 heterocycles. The van der Waals surface area contributed by atoms with Gasteiger partial charge in [-0.2, -0.15) is 0 Å². The minimum absolute atomic E-state index is 0.280. The summed E-state index contributed by atoms with van der Waals surface area (Å²) in [5.74, 6) is 1.41. The van der Waals surface area contributed by atoms with E-state index in [9.17, 15) is 4.79 Å². The van der Waals surface area contributed by atoms with Crippen molar-refractivity contribution in [1.29, 1.82) is 0 Å². The summed E-state index contributed by atoms with van der Waals surface area (Å²) in [4.78, 5) is 12.6. The molecule has 0 aliphatic carbocycles. The summed E-state index contributed by atoms with van der Waals surface area (Å²) >= 11 is 1.65. The van der Waals surface area contributed by atoms with Crippen LogP contribution in [0.4, 0.5) is 0 Å². The number of ketones is 1. The van der Waals surface area contributed by atoms with Crippen molar-refractivity contribution < 1.29 is 4.79 Å². The molecule has 1 aromatic carbocycles. The van der Waals surface area contributed by atoms with Gasteiger partial charge in [-0.15, -0.1) is 11.8 Å². The van der Waals surface area contributed by atoms with E-state index in [1.165, 1.54) is 5.56 Å². The summed E-state index contributed by atoms with van der Waals surface area (Å²) in [6, 6.07) is 6.23. The van der Waals surface area contributed by atoms with Crippen molar-refractivity contribution in [2.24, 2.45) is 0 Å². The Hall–Kier alpha value is -0.760. The Balaban J connectivity index is 2.48. The van der Waals surface area contributed by atoms with Gasteiger partial charge >= 0.3 is 0 Å². The van der Waals surface area contributed by atoms with Crippen molar-refractivity contribution in [1.82, 2.24) is 0 Å². The monoisotopic (exact) mass is 192 g/mol. The number of hydrogen-bond donors (Lipinski definition) is 0. The summed E-state index contributed by atoms with van der Waals surface area (Å²) in [5, 5.41) is 0. The van der Waals surface area contributed by atoms with Crippen molar-refractivity contribution in [2.45, 2.75) is 24.7 Å². The maximum absolute atomic E-state index is 11.4. The van der Waals surface area contributed by atoms with E-state index in [0.717, 1.165) is 10.5 Å². The first-order valence-corrected chi connectivity index (χ1v) is 5.47. The zero-order valence-electron chi connectivity index (χ0n) is 7.83. The van der Waals surface area contributed by atoms with E-state index in [-0.39, 0.29) is 5.78 Å². The predicted octanol–water partition coefficient (Wildman–Crippen LogP) is 3.10. The highest BCUT2D eigenvalue weighted by atomic mass is 32.2. The zero-order valence-corrected chi connectivity index (χ0v) is 8.65. The highest BCUT2D eigenvalue weighted by Crippen LogP contribution is 2.32. The van der Waals surface area contributed by atoms with Crippen LogP contribution in [0.15, 0.2) is 23.1 Å². The summed E-state index contributed by atoms with van der Waals surface area (Å²) in [6.45, 7) is 4.29. The van der Waals surface area contributed by atoms with E-state index < -0.39 is 0 Å². The van der Waals surface area contributed by atoms with Gasteiger partial charge in [-0.05, 0) is 23.6 Å². The van der Waals surface area contributed by atoms with E-state index in [1.54, 1.807) is 11.8 Å². The minimum atomic E-state index is 0.280. The molecule has 0 N–H and O–H groups in total. The third-order valence-corrected chi connectivity index (χ3v) is 3.40. The van der Waals surface area contributed by atoms with Crippen LogP contribution in [0, 0.1) is 0 Å². The minimum Gasteiger partial charge on any atom is -0.293 e. The van der Waals surface area contributed by atoms with Crippen molar-refractivity contribution in [3.8, 4) is 0 Å². The average Bonchev–Trinajstić information content (AvgIpc) is 2.47. The summed E-state index contributed by atoms with van der Waals surface area (Å²) in [6.07, 6.45) is 0. The molecule has 2 heteroatoms. The summed E-state index contributed by atoms with van der Waals surface area (Å²) in [5.41, 5.74) is 2.19. The standard InChI is InChI=1S/C11H12OS/c1-7(2)8-3-4-11-9(5-8)10(12)6-13-11/h3-5,7H,6H2,1-2H3. The Labute approximate surface area is 82.5 Å². The van der Waals surface area contributed by atoms with Crippen LogP contribution in [0.1, 0.15) is 35.7 Å². The second-order valence-corrected chi connectivity index (χ2v) is 4.64. The number of benzene rings is 1. The molecule has 13 heavy (non-hydrogen) atoms. The lowest BCUT2D eigenvalue weighted by molar-refractivity contribution is 0.102. The predicted molar refractivity (Wildman–Crippen MR) is 55.6 cm³/mol. The molecular formula is C11H12OS. The highest BCUT2D eigenvalue weighted by molar-refractivity contribution is 8.00. The van der Waals surface area contributed by atoms with E-state index in [4.69, 9.17) is 0 Å². The topological polar surface area (TPSA) is 17.1 Å². The van der Waals surface area contributed by atoms with Gasteiger partial charge in [0.05, 0.1) is 5.75 Å². The number of Topliss-reactive ketones (excluding diaryl/α,β-unsaturated/α-hetero) is 1. The molecule has 0 aromatic heterocycles. The van der Waals surface area contributed by atoms with Gasteiger partial charge < -0.3 is 0 Å².